The van der Waals surface area contributed by atoms with Gasteiger partial charge < -0.3 is 25.2 Å². The van der Waals surface area contributed by atoms with E-state index in [9.17, 15) is 25.2 Å². The van der Waals surface area contributed by atoms with E-state index < -0.39 is 24.4 Å². The molecule has 4 unspecified atom stereocenters. The van der Waals surface area contributed by atoms with E-state index in [1.54, 1.807) is 0 Å². The summed E-state index contributed by atoms with van der Waals surface area (Å²) in [5.74, 6) is 0.375. The first-order valence-electron chi connectivity index (χ1n) is 13.3. The summed E-state index contributed by atoms with van der Waals surface area (Å²) in [5, 5.41) is 42.6. The van der Waals surface area contributed by atoms with Crippen molar-refractivity contribution in [2.45, 2.75) is 111 Å². The summed E-state index contributed by atoms with van der Waals surface area (Å²) in [6, 6.07) is 0. The fraction of sp³-hybridized carbons (Fsp3) is 0.963. The second kappa shape index (κ2) is 8.76. The number of ether oxygens (including phenoxy) is 1. The van der Waals surface area contributed by atoms with Gasteiger partial charge in [-0.1, -0.05) is 41.5 Å². The summed E-state index contributed by atoms with van der Waals surface area (Å²) in [6.45, 7) is 12.7. The molecule has 4 fully saturated rings. The molecule has 3 saturated carbocycles. The Kier molecular flexibility index (Phi) is 6.74. The van der Waals surface area contributed by atoms with Crippen molar-refractivity contribution >= 4 is 5.97 Å². The Labute approximate surface area is 199 Å². The second-order valence-electron chi connectivity index (χ2n) is 12.9. The smallest absolute Gasteiger partial charge is 0.309 e. The van der Waals surface area contributed by atoms with E-state index in [4.69, 9.17) is 4.74 Å². The molecule has 4 rings (SSSR count). The van der Waals surface area contributed by atoms with Gasteiger partial charge in [-0.25, -0.2) is 0 Å². The minimum absolute atomic E-state index is 0.0208. The standard InChI is InChI=1S/C27H46O6/c1-13(2)14(3)22(30)23(31)15(4)16-7-8-17-24-18(9-10-26(16,17)5)27(6)12-21(29)20(28)11-19(27)25(32)33-24/h13-24,28-31H,7-12H2,1-6H3/t14-,15-,16?,17?,18?,19+,20-,21+,22+,23+,24?,26+,27+/m0/s1. The first-order valence-corrected chi connectivity index (χ1v) is 13.3. The first kappa shape index (κ1) is 25.4. The highest BCUT2D eigenvalue weighted by molar-refractivity contribution is 5.75. The van der Waals surface area contributed by atoms with E-state index in [1.807, 2.05) is 6.92 Å². The summed E-state index contributed by atoms with van der Waals surface area (Å²) in [7, 11) is 0. The molecule has 6 heteroatoms. The fourth-order valence-corrected chi connectivity index (χ4v) is 8.49. The lowest BCUT2D eigenvalue weighted by atomic mass is 9.49. The number of hydrogen-bond acceptors (Lipinski definition) is 6. The maximum absolute atomic E-state index is 13.1. The topological polar surface area (TPSA) is 107 Å². The van der Waals surface area contributed by atoms with Crippen LogP contribution in [0.2, 0.25) is 0 Å². The average Bonchev–Trinajstić information content (AvgIpc) is 3.10. The molecule has 33 heavy (non-hydrogen) atoms. The zero-order valence-electron chi connectivity index (χ0n) is 21.3. The predicted molar refractivity (Wildman–Crippen MR) is 125 cm³/mol. The van der Waals surface area contributed by atoms with Crippen molar-refractivity contribution in [2.75, 3.05) is 0 Å². The molecule has 0 aromatic carbocycles. The third-order valence-electron chi connectivity index (χ3n) is 11.1. The van der Waals surface area contributed by atoms with Gasteiger partial charge in [0.1, 0.15) is 6.10 Å². The molecule has 13 atom stereocenters. The van der Waals surface area contributed by atoms with Crippen molar-refractivity contribution in [1.29, 1.82) is 0 Å². The van der Waals surface area contributed by atoms with Gasteiger partial charge >= 0.3 is 5.97 Å². The minimum Gasteiger partial charge on any atom is -0.462 e. The van der Waals surface area contributed by atoms with Crippen LogP contribution in [0, 0.1) is 52.3 Å². The molecule has 6 nitrogen and oxygen atoms in total. The van der Waals surface area contributed by atoms with Crippen LogP contribution in [0.3, 0.4) is 0 Å². The molecule has 0 amide bonds. The molecule has 190 valence electrons. The number of esters is 1. The predicted octanol–water partition coefficient (Wildman–Crippen LogP) is 3.14. The molecule has 3 aliphatic carbocycles. The maximum Gasteiger partial charge on any atom is 0.309 e. The highest BCUT2D eigenvalue weighted by Crippen LogP contribution is 2.65. The van der Waals surface area contributed by atoms with Crippen LogP contribution < -0.4 is 0 Å². The lowest BCUT2D eigenvalue weighted by Crippen LogP contribution is -2.62. The zero-order chi connectivity index (χ0) is 24.5. The lowest BCUT2D eigenvalue weighted by molar-refractivity contribution is -0.226. The highest BCUT2D eigenvalue weighted by Gasteiger charge is 2.65. The number of carbonyl (C=O) groups is 1. The molecule has 0 aromatic rings. The number of hydrogen-bond donors (Lipinski definition) is 4. The van der Waals surface area contributed by atoms with Gasteiger partial charge in [0, 0.05) is 11.8 Å². The largest absolute Gasteiger partial charge is 0.462 e. The lowest BCUT2D eigenvalue weighted by Gasteiger charge is -2.60. The van der Waals surface area contributed by atoms with Crippen LogP contribution in [-0.2, 0) is 9.53 Å². The third-order valence-corrected chi connectivity index (χ3v) is 11.1. The molecule has 4 aliphatic rings. The van der Waals surface area contributed by atoms with Gasteiger partial charge in [-0.3, -0.25) is 4.79 Å². The number of aliphatic hydroxyl groups excluding tert-OH is 4. The number of aliphatic hydroxyl groups is 4. The molecule has 0 spiro atoms. The summed E-state index contributed by atoms with van der Waals surface area (Å²) >= 11 is 0. The Morgan fingerprint density at radius 3 is 2.18 bits per heavy atom. The quantitative estimate of drug-likeness (QED) is 0.464. The van der Waals surface area contributed by atoms with Crippen molar-refractivity contribution in [3.05, 3.63) is 0 Å². The monoisotopic (exact) mass is 466 g/mol. The third kappa shape index (κ3) is 3.88. The molecule has 1 aliphatic heterocycles. The Morgan fingerprint density at radius 2 is 1.55 bits per heavy atom. The van der Waals surface area contributed by atoms with Crippen molar-refractivity contribution < 1.29 is 30.0 Å². The van der Waals surface area contributed by atoms with E-state index in [1.165, 1.54) is 0 Å². The van der Waals surface area contributed by atoms with Gasteiger partial charge in [-0.05, 0) is 73.0 Å². The van der Waals surface area contributed by atoms with Crippen LogP contribution in [0.4, 0.5) is 0 Å². The van der Waals surface area contributed by atoms with Crippen LogP contribution >= 0.6 is 0 Å². The average molecular weight is 467 g/mol. The second-order valence-corrected chi connectivity index (χ2v) is 12.9. The van der Waals surface area contributed by atoms with Gasteiger partial charge in [0.05, 0.1) is 30.3 Å². The van der Waals surface area contributed by atoms with Gasteiger partial charge in [0.25, 0.3) is 0 Å². The van der Waals surface area contributed by atoms with Crippen LogP contribution in [0.15, 0.2) is 0 Å². The van der Waals surface area contributed by atoms with Crippen LogP contribution in [0.5, 0.6) is 0 Å². The maximum atomic E-state index is 13.1. The zero-order valence-corrected chi connectivity index (χ0v) is 21.3. The van der Waals surface area contributed by atoms with E-state index in [0.717, 1.165) is 25.7 Å². The number of fused-ring (bicyclic) bond motifs is 5. The van der Waals surface area contributed by atoms with Crippen LogP contribution in [0.1, 0.15) is 80.1 Å². The van der Waals surface area contributed by atoms with E-state index >= 15 is 0 Å². The van der Waals surface area contributed by atoms with Crippen LogP contribution in [0.25, 0.3) is 0 Å². The van der Waals surface area contributed by atoms with Crippen molar-refractivity contribution in [1.82, 2.24) is 0 Å². The van der Waals surface area contributed by atoms with Gasteiger partial charge in [-0.2, -0.15) is 0 Å². The SMILES string of the molecule is CC(C)[C@H](C)[C@@H](O)[C@H](O)[C@@H](C)C1CCC2C3OC(=O)[C@H]4C[C@H](O)[C@H](O)C[C@]4(C)C3CC[C@@]21C. The molecule has 1 heterocycles. The summed E-state index contributed by atoms with van der Waals surface area (Å²) < 4.78 is 6.15. The van der Waals surface area contributed by atoms with Crippen LogP contribution in [-0.4, -0.2) is 56.9 Å². The summed E-state index contributed by atoms with van der Waals surface area (Å²) in [4.78, 5) is 13.1. The van der Waals surface area contributed by atoms with Gasteiger partial charge in [-0.15, -0.1) is 0 Å². The van der Waals surface area contributed by atoms with E-state index in [2.05, 4.69) is 34.6 Å². The molecular weight excluding hydrogens is 420 g/mol. The Hall–Kier alpha value is -0.690. The molecule has 0 bridgehead atoms. The van der Waals surface area contributed by atoms with E-state index in [-0.39, 0.29) is 64.8 Å². The van der Waals surface area contributed by atoms with Gasteiger partial charge in [0.15, 0.2) is 0 Å². The summed E-state index contributed by atoms with van der Waals surface area (Å²) in [6.07, 6.45) is 1.21. The highest BCUT2D eigenvalue weighted by atomic mass is 16.5. The Balaban J connectivity index is 1.56. The molecule has 0 aromatic heterocycles. The first-order chi connectivity index (χ1) is 15.3. The molecule has 4 N–H and O–H groups in total. The minimum atomic E-state index is -0.862. The Bertz CT molecular complexity index is 740. The van der Waals surface area contributed by atoms with Gasteiger partial charge in [0.2, 0.25) is 0 Å². The van der Waals surface area contributed by atoms with Crippen molar-refractivity contribution in [3.63, 3.8) is 0 Å². The molecular formula is C27H46O6. The number of rotatable bonds is 5. The summed E-state index contributed by atoms with van der Waals surface area (Å²) in [5.41, 5.74) is -0.412. The number of carbonyl (C=O) groups excluding carboxylic acids is 1. The van der Waals surface area contributed by atoms with E-state index in [0.29, 0.717) is 12.3 Å². The normalized spacial score (nSPS) is 48.8. The Morgan fingerprint density at radius 1 is 0.909 bits per heavy atom. The van der Waals surface area contributed by atoms with Crippen molar-refractivity contribution in [2.24, 2.45) is 52.3 Å². The fourth-order valence-electron chi connectivity index (χ4n) is 8.49. The molecule has 1 saturated heterocycles. The van der Waals surface area contributed by atoms with Crippen molar-refractivity contribution in [3.8, 4) is 0 Å². The molecule has 0 radical (unpaired) electrons.